The fourth-order valence-corrected chi connectivity index (χ4v) is 3.66. The number of hydrogen-bond acceptors (Lipinski definition) is 10. The second kappa shape index (κ2) is 12.0. The van der Waals surface area contributed by atoms with E-state index in [9.17, 15) is 30.0 Å². The van der Waals surface area contributed by atoms with Crippen LogP contribution in [0.2, 0.25) is 0 Å². The number of carbonyl (C=O) groups is 2. The maximum Gasteiger partial charge on any atom is 0.342 e. The number of cyclic esters (lactones) is 1. The monoisotopic (exact) mass is 477 g/mol. The number of ketones is 1. The third-order valence-corrected chi connectivity index (χ3v) is 5.63. The molecule has 3 atom stereocenters. The molecule has 4 N–H and O–H groups in total. The SMILES string of the molecule is C[C@H]1C/C=C\C(=O)[C@@H](O)[C@@H](O)C/C=C/c2c(O)c(OCCN3CCOCC3)cc(O)c2C(=O)O1. The second-order valence-electron chi connectivity index (χ2n) is 8.24. The Morgan fingerprint density at radius 2 is 1.79 bits per heavy atom. The Labute approximate surface area is 197 Å². The zero-order chi connectivity index (χ0) is 24.7. The van der Waals surface area contributed by atoms with E-state index in [1.165, 1.54) is 18.2 Å². The van der Waals surface area contributed by atoms with Gasteiger partial charge in [-0.1, -0.05) is 18.2 Å². The van der Waals surface area contributed by atoms with Crippen LogP contribution in [0.5, 0.6) is 17.2 Å². The van der Waals surface area contributed by atoms with Crippen molar-refractivity contribution < 1.29 is 44.2 Å². The van der Waals surface area contributed by atoms with Gasteiger partial charge in [-0.3, -0.25) is 9.69 Å². The summed E-state index contributed by atoms with van der Waals surface area (Å²) in [6.45, 7) is 5.22. The van der Waals surface area contributed by atoms with Crippen LogP contribution in [0.4, 0.5) is 0 Å². The van der Waals surface area contributed by atoms with Crippen molar-refractivity contribution in [2.75, 3.05) is 39.5 Å². The number of aliphatic hydroxyl groups is 2. The lowest BCUT2D eigenvalue weighted by atomic mass is 10.0. The molecule has 0 radical (unpaired) electrons. The van der Waals surface area contributed by atoms with Crippen LogP contribution in [0.1, 0.15) is 35.7 Å². The topological polar surface area (TPSA) is 146 Å². The number of carbonyl (C=O) groups excluding carboxylic acids is 2. The summed E-state index contributed by atoms with van der Waals surface area (Å²) in [4.78, 5) is 26.9. The largest absolute Gasteiger partial charge is 0.507 e. The van der Waals surface area contributed by atoms with Crippen molar-refractivity contribution in [2.45, 2.75) is 38.1 Å². The van der Waals surface area contributed by atoms with E-state index in [0.29, 0.717) is 19.8 Å². The molecule has 0 unspecified atom stereocenters. The van der Waals surface area contributed by atoms with Gasteiger partial charge in [-0.25, -0.2) is 4.79 Å². The molecule has 186 valence electrons. The van der Waals surface area contributed by atoms with Crippen molar-refractivity contribution in [2.24, 2.45) is 0 Å². The van der Waals surface area contributed by atoms with E-state index >= 15 is 0 Å². The molecule has 10 heteroatoms. The van der Waals surface area contributed by atoms with Crippen molar-refractivity contribution in [1.82, 2.24) is 4.90 Å². The number of morpholine rings is 1. The smallest absolute Gasteiger partial charge is 0.342 e. The number of phenols is 2. The Bertz CT molecular complexity index is 937. The number of hydrogen-bond donors (Lipinski definition) is 4. The molecule has 1 aromatic carbocycles. The number of benzene rings is 1. The number of ether oxygens (including phenoxy) is 3. The molecule has 3 rings (SSSR count). The third kappa shape index (κ3) is 6.57. The summed E-state index contributed by atoms with van der Waals surface area (Å²) in [6.07, 6.45) is 1.59. The molecule has 10 nitrogen and oxygen atoms in total. The maximum atomic E-state index is 12.8. The van der Waals surface area contributed by atoms with Crippen LogP contribution in [-0.2, 0) is 14.3 Å². The van der Waals surface area contributed by atoms with Crippen LogP contribution in [0.3, 0.4) is 0 Å². The van der Waals surface area contributed by atoms with Crippen molar-refractivity contribution in [1.29, 1.82) is 0 Å². The lowest BCUT2D eigenvalue weighted by Crippen LogP contribution is -2.38. The number of nitrogens with zero attached hydrogens (tertiary/aromatic N) is 1. The summed E-state index contributed by atoms with van der Waals surface area (Å²) in [6, 6.07) is 1.16. The highest BCUT2D eigenvalue weighted by atomic mass is 16.5. The van der Waals surface area contributed by atoms with Gasteiger partial charge in [0.15, 0.2) is 17.3 Å². The number of aromatic hydroxyl groups is 2. The first kappa shape index (κ1) is 25.7. The number of esters is 1. The summed E-state index contributed by atoms with van der Waals surface area (Å²) in [5.41, 5.74) is -0.313. The van der Waals surface area contributed by atoms with Gasteiger partial charge in [0.05, 0.1) is 19.3 Å². The van der Waals surface area contributed by atoms with E-state index in [1.807, 2.05) is 0 Å². The van der Waals surface area contributed by atoms with Gasteiger partial charge < -0.3 is 34.6 Å². The molecule has 0 bridgehead atoms. The molecular weight excluding hydrogens is 446 g/mol. The molecule has 0 amide bonds. The van der Waals surface area contributed by atoms with Crippen LogP contribution in [-0.4, -0.2) is 94.8 Å². The quantitative estimate of drug-likeness (QED) is 0.366. The van der Waals surface area contributed by atoms with Crippen LogP contribution >= 0.6 is 0 Å². The van der Waals surface area contributed by atoms with Gasteiger partial charge in [-0.2, -0.15) is 0 Å². The highest BCUT2D eigenvalue weighted by Gasteiger charge is 2.26. The van der Waals surface area contributed by atoms with Crippen LogP contribution in [0.25, 0.3) is 6.08 Å². The zero-order valence-electron chi connectivity index (χ0n) is 19.1. The molecule has 34 heavy (non-hydrogen) atoms. The molecule has 1 fully saturated rings. The standard InChI is InChI=1S/C24H31NO9/c1-15-4-2-6-17(26)23(30)18(27)7-3-5-16-21(24(31)34-15)19(28)14-20(22(16)29)33-13-10-25-8-11-32-12-9-25/h2-3,5-6,14-15,18,23,27-30H,4,7-13H2,1H3/b5-3+,6-2-/t15-,18-,23+/m0/s1. The normalized spacial score (nSPS) is 26.7. The number of rotatable bonds is 4. The lowest BCUT2D eigenvalue weighted by molar-refractivity contribution is -0.127. The van der Waals surface area contributed by atoms with Crippen molar-refractivity contribution in [3.05, 3.63) is 35.4 Å². The van der Waals surface area contributed by atoms with Gasteiger partial charge in [0.25, 0.3) is 0 Å². The first-order valence-corrected chi connectivity index (χ1v) is 11.2. The van der Waals surface area contributed by atoms with Gasteiger partial charge in [-0.15, -0.1) is 0 Å². The third-order valence-electron chi connectivity index (χ3n) is 5.63. The predicted molar refractivity (Wildman–Crippen MR) is 122 cm³/mol. The minimum absolute atomic E-state index is 0.0187. The lowest BCUT2D eigenvalue weighted by Gasteiger charge is -2.26. The molecule has 0 saturated carbocycles. The number of fused-ring (bicyclic) bond motifs is 1. The Morgan fingerprint density at radius 3 is 2.53 bits per heavy atom. The number of phenolic OH excluding ortho intramolecular Hbond substituents is 2. The molecule has 0 spiro atoms. The Hall–Kier alpha value is -2.92. The molecule has 1 aromatic rings. The molecule has 2 aliphatic rings. The summed E-state index contributed by atoms with van der Waals surface area (Å²) >= 11 is 0. The van der Waals surface area contributed by atoms with Crippen molar-refractivity contribution >= 4 is 17.8 Å². The van der Waals surface area contributed by atoms with Crippen molar-refractivity contribution in [3.8, 4) is 17.2 Å². The molecule has 0 aliphatic carbocycles. The summed E-state index contributed by atoms with van der Waals surface area (Å²) in [5.74, 6) is -2.37. The highest BCUT2D eigenvalue weighted by Crippen LogP contribution is 2.40. The average molecular weight is 478 g/mol. The summed E-state index contributed by atoms with van der Waals surface area (Å²) in [5, 5.41) is 41.6. The van der Waals surface area contributed by atoms with Crippen LogP contribution in [0, 0.1) is 0 Å². The van der Waals surface area contributed by atoms with E-state index in [1.54, 1.807) is 6.92 Å². The van der Waals surface area contributed by atoms with Gasteiger partial charge >= 0.3 is 5.97 Å². The van der Waals surface area contributed by atoms with Gasteiger partial charge in [0, 0.05) is 37.7 Å². The fourth-order valence-electron chi connectivity index (χ4n) is 3.66. The molecule has 0 aromatic heterocycles. The molecule has 1 saturated heterocycles. The van der Waals surface area contributed by atoms with Gasteiger partial charge in [0.1, 0.15) is 30.1 Å². The first-order valence-electron chi connectivity index (χ1n) is 11.2. The summed E-state index contributed by atoms with van der Waals surface area (Å²) < 4.78 is 16.4. The highest BCUT2D eigenvalue weighted by molar-refractivity contribution is 5.98. The van der Waals surface area contributed by atoms with E-state index in [0.717, 1.165) is 25.2 Å². The molecule has 2 aliphatic heterocycles. The fraction of sp³-hybridized carbons (Fsp3) is 0.500. The maximum absolute atomic E-state index is 12.8. The van der Waals surface area contributed by atoms with Crippen LogP contribution in [0.15, 0.2) is 24.3 Å². The van der Waals surface area contributed by atoms with Crippen LogP contribution < -0.4 is 4.74 Å². The minimum Gasteiger partial charge on any atom is -0.507 e. The van der Waals surface area contributed by atoms with Crippen molar-refractivity contribution in [3.63, 3.8) is 0 Å². The first-order chi connectivity index (χ1) is 16.3. The van der Waals surface area contributed by atoms with E-state index < -0.39 is 35.8 Å². The second-order valence-corrected chi connectivity index (χ2v) is 8.24. The summed E-state index contributed by atoms with van der Waals surface area (Å²) in [7, 11) is 0. The average Bonchev–Trinajstić information content (AvgIpc) is 2.81. The molecule has 2 heterocycles. The van der Waals surface area contributed by atoms with E-state index in [-0.39, 0.29) is 42.1 Å². The van der Waals surface area contributed by atoms with Gasteiger partial charge in [0.2, 0.25) is 0 Å². The zero-order valence-corrected chi connectivity index (χ0v) is 19.1. The predicted octanol–water partition coefficient (Wildman–Crippen LogP) is 1.01. The Balaban J connectivity index is 1.88. The van der Waals surface area contributed by atoms with E-state index in [2.05, 4.69) is 4.90 Å². The van der Waals surface area contributed by atoms with E-state index in [4.69, 9.17) is 14.2 Å². The Morgan fingerprint density at radius 1 is 1.09 bits per heavy atom. The van der Waals surface area contributed by atoms with Gasteiger partial charge in [-0.05, 0) is 19.4 Å². The Kier molecular flexibility index (Phi) is 9.05. The number of aliphatic hydroxyl groups excluding tert-OH is 2. The minimum atomic E-state index is -1.63. The molecular formula is C24H31NO9.